The summed E-state index contributed by atoms with van der Waals surface area (Å²) in [5, 5.41) is 13.9. The molecule has 3 N–H and O–H groups in total. The molecule has 18 heavy (non-hydrogen) atoms. The fourth-order valence-electron chi connectivity index (χ4n) is 1.74. The minimum Gasteiger partial charge on any atom is -0.481 e. The van der Waals surface area contributed by atoms with Gasteiger partial charge in [0.05, 0.1) is 0 Å². The van der Waals surface area contributed by atoms with E-state index >= 15 is 0 Å². The largest absolute Gasteiger partial charge is 0.481 e. The lowest BCUT2D eigenvalue weighted by Gasteiger charge is -2.28. The van der Waals surface area contributed by atoms with Gasteiger partial charge in [-0.2, -0.15) is 0 Å². The number of rotatable bonds is 8. The van der Waals surface area contributed by atoms with Crippen molar-refractivity contribution in [2.24, 2.45) is 5.41 Å². The van der Waals surface area contributed by atoms with E-state index in [1.165, 1.54) is 0 Å². The van der Waals surface area contributed by atoms with Crippen LogP contribution < -0.4 is 10.6 Å². The summed E-state index contributed by atoms with van der Waals surface area (Å²) in [6.07, 6.45) is 0.524. The Kier molecular flexibility index (Phi) is 7.35. The summed E-state index contributed by atoms with van der Waals surface area (Å²) in [6, 6.07) is -0.243. The zero-order chi connectivity index (χ0) is 14.2. The minimum absolute atomic E-state index is 0.00189. The van der Waals surface area contributed by atoms with Crippen LogP contribution in [-0.4, -0.2) is 55.7 Å². The van der Waals surface area contributed by atoms with E-state index in [-0.39, 0.29) is 17.9 Å². The lowest BCUT2D eigenvalue weighted by atomic mass is 9.93. The number of carbonyl (C=O) groups is 2. The van der Waals surface area contributed by atoms with E-state index in [2.05, 4.69) is 29.4 Å². The Bertz CT molecular complexity index is 278. The number of nitrogens with one attached hydrogen (secondary N) is 2. The molecule has 0 saturated carbocycles. The molecule has 0 aliphatic heterocycles. The van der Waals surface area contributed by atoms with Crippen LogP contribution in [0.15, 0.2) is 0 Å². The Balaban J connectivity index is 3.72. The summed E-state index contributed by atoms with van der Waals surface area (Å²) in [4.78, 5) is 23.8. The first kappa shape index (κ1) is 16.7. The number of carbonyl (C=O) groups excluding carboxylic acids is 1. The van der Waals surface area contributed by atoms with Crippen molar-refractivity contribution in [2.75, 3.05) is 33.7 Å². The van der Waals surface area contributed by atoms with Crippen LogP contribution in [0.1, 0.15) is 26.7 Å². The van der Waals surface area contributed by atoms with Gasteiger partial charge in [-0.3, -0.25) is 4.79 Å². The first-order valence-electron chi connectivity index (χ1n) is 6.11. The summed E-state index contributed by atoms with van der Waals surface area (Å²) >= 11 is 0. The van der Waals surface area contributed by atoms with Gasteiger partial charge >= 0.3 is 12.0 Å². The number of carboxylic acids is 1. The van der Waals surface area contributed by atoms with Crippen LogP contribution in [0.5, 0.6) is 0 Å². The van der Waals surface area contributed by atoms with Crippen molar-refractivity contribution >= 4 is 12.0 Å². The van der Waals surface area contributed by atoms with Gasteiger partial charge in [0.15, 0.2) is 0 Å². The monoisotopic (exact) mass is 259 g/mol. The fraction of sp³-hybridized carbons (Fsp3) is 0.833. The van der Waals surface area contributed by atoms with Crippen molar-refractivity contribution in [1.29, 1.82) is 0 Å². The second kappa shape index (κ2) is 7.92. The predicted octanol–water partition coefficient (Wildman–Crippen LogP) is 0.738. The molecule has 0 spiro atoms. The molecule has 0 aromatic carbocycles. The maximum Gasteiger partial charge on any atom is 0.314 e. The summed E-state index contributed by atoms with van der Waals surface area (Å²) in [6.45, 7) is 6.00. The van der Waals surface area contributed by atoms with E-state index in [0.29, 0.717) is 19.5 Å². The third-order valence-corrected chi connectivity index (χ3v) is 2.32. The average Bonchev–Trinajstić information content (AvgIpc) is 2.19. The fourth-order valence-corrected chi connectivity index (χ4v) is 1.74. The summed E-state index contributed by atoms with van der Waals surface area (Å²) < 4.78 is 0. The van der Waals surface area contributed by atoms with E-state index in [4.69, 9.17) is 5.11 Å². The third kappa shape index (κ3) is 9.89. The van der Waals surface area contributed by atoms with E-state index in [1.54, 1.807) is 0 Å². The first-order chi connectivity index (χ1) is 8.23. The summed E-state index contributed by atoms with van der Waals surface area (Å²) in [7, 11) is 3.99. The van der Waals surface area contributed by atoms with Crippen LogP contribution in [0.2, 0.25) is 0 Å². The Labute approximate surface area is 109 Å². The van der Waals surface area contributed by atoms with Crippen molar-refractivity contribution < 1.29 is 14.7 Å². The molecule has 106 valence electrons. The van der Waals surface area contributed by atoms with Gasteiger partial charge in [0, 0.05) is 26.1 Å². The van der Waals surface area contributed by atoms with E-state index in [1.807, 2.05) is 14.1 Å². The minimum atomic E-state index is -0.843. The highest BCUT2D eigenvalue weighted by Crippen LogP contribution is 2.13. The van der Waals surface area contributed by atoms with Crippen molar-refractivity contribution in [3.63, 3.8) is 0 Å². The molecule has 0 aliphatic carbocycles. The second-order valence-corrected chi connectivity index (χ2v) is 5.51. The van der Waals surface area contributed by atoms with Gasteiger partial charge in [0.1, 0.15) is 0 Å². The number of nitrogens with zero attached hydrogens (tertiary/aromatic N) is 1. The molecule has 0 bridgehead atoms. The summed E-state index contributed by atoms with van der Waals surface area (Å²) in [5.74, 6) is -0.843. The van der Waals surface area contributed by atoms with Crippen LogP contribution in [0.3, 0.4) is 0 Å². The van der Waals surface area contributed by atoms with Gasteiger partial charge in [0.2, 0.25) is 0 Å². The molecule has 0 heterocycles. The van der Waals surface area contributed by atoms with Crippen LogP contribution >= 0.6 is 0 Å². The van der Waals surface area contributed by atoms with E-state index in [9.17, 15) is 9.59 Å². The molecule has 0 unspecified atom stereocenters. The number of hydrogen-bond acceptors (Lipinski definition) is 3. The molecule has 0 fully saturated rings. The molecule has 0 saturated heterocycles. The molecule has 6 heteroatoms. The zero-order valence-electron chi connectivity index (χ0n) is 11.7. The van der Waals surface area contributed by atoms with Crippen molar-refractivity contribution in [1.82, 2.24) is 15.5 Å². The molecular formula is C12H25N3O3. The highest BCUT2D eigenvalue weighted by molar-refractivity contribution is 5.74. The van der Waals surface area contributed by atoms with Crippen LogP contribution in [0.25, 0.3) is 0 Å². The molecule has 0 aromatic heterocycles. The topological polar surface area (TPSA) is 81.7 Å². The molecule has 2 amide bonds. The Hall–Kier alpha value is -1.30. The van der Waals surface area contributed by atoms with Gasteiger partial charge in [-0.1, -0.05) is 13.8 Å². The van der Waals surface area contributed by atoms with Gasteiger partial charge in [-0.15, -0.1) is 0 Å². The lowest BCUT2D eigenvalue weighted by Crippen LogP contribution is -2.44. The summed E-state index contributed by atoms with van der Waals surface area (Å²) in [5.41, 5.74) is 0.00189. The van der Waals surface area contributed by atoms with Crippen LogP contribution in [-0.2, 0) is 4.79 Å². The Morgan fingerprint density at radius 2 is 1.83 bits per heavy atom. The first-order valence-corrected chi connectivity index (χ1v) is 6.11. The SMILES string of the molecule is CN(C)CC(C)(C)CNC(=O)NCCCC(=O)O. The molecule has 0 aliphatic rings. The molecule has 0 rings (SSSR count). The van der Waals surface area contributed by atoms with Gasteiger partial charge < -0.3 is 20.6 Å². The van der Waals surface area contributed by atoms with Crippen LogP contribution in [0.4, 0.5) is 4.79 Å². The molecule has 0 aromatic rings. The van der Waals surface area contributed by atoms with Crippen molar-refractivity contribution in [3.8, 4) is 0 Å². The zero-order valence-corrected chi connectivity index (χ0v) is 11.7. The Morgan fingerprint density at radius 3 is 2.33 bits per heavy atom. The quantitative estimate of drug-likeness (QED) is 0.561. The van der Waals surface area contributed by atoms with Gasteiger partial charge in [0.25, 0.3) is 0 Å². The number of urea groups is 1. The van der Waals surface area contributed by atoms with E-state index in [0.717, 1.165) is 6.54 Å². The highest BCUT2D eigenvalue weighted by Gasteiger charge is 2.19. The maximum atomic E-state index is 11.4. The number of amides is 2. The van der Waals surface area contributed by atoms with Crippen molar-refractivity contribution in [2.45, 2.75) is 26.7 Å². The number of hydrogen-bond donors (Lipinski definition) is 3. The lowest BCUT2D eigenvalue weighted by molar-refractivity contribution is -0.137. The average molecular weight is 259 g/mol. The number of aliphatic carboxylic acids is 1. The maximum absolute atomic E-state index is 11.4. The van der Waals surface area contributed by atoms with Crippen LogP contribution in [0, 0.1) is 5.41 Å². The standard InChI is InChI=1S/C12H25N3O3/c1-12(2,9-15(3)4)8-14-11(18)13-7-5-6-10(16)17/h5-9H2,1-4H3,(H,16,17)(H2,13,14,18). The normalized spacial score (nSPS) is 11.4. The van der Waals surface area contributed by atoms with Gasteiger partial charge in [-0.05, 0) is 25.9 Å². The smallest absolute Gasteiger partial charge is 0.314 e. The van der Waals surface area contributed by atoms with Gasteiger partial charge in [-0.25, -0.2) is 4.79 Å². The molecule has 0 radical (unpaired) electrons. The third-order valence-electron chi connectivity index (χ3n) is 2.32. The molecule has 6 nitrogen and oxygen atoms in total. The molecule has 0 atom stereocenters. The highest BCUT2D eigenvalue weighted by atomic mass is 16.4. The molecular weight excluding hydrogens is 234 g/mol. The second-order valence-electron chi connectivity index (χ2n) is 5.51. The number of carboxylic acid groups (broad SMARTS) is 1. The van der Waals surface area contributed by atoms with E-state index < -0.39 is 5.97 Å². The Morgan fingerprint density at radius 1 is 1.22 bits per heavy atom. The predicted molar refractivity (Wildman–Crippen MR) is 70.6 cm³/mol. The van der Waals surface area contributed by atoms with Crippen molar-refractivity contribution in [3.05, 3.63) is 0 Å².